The van der Waals surface area contributed by atoms with Crippen LogP contribution < -0.4 is 0 Å². The first-order valence-electron chi connectivity index (χ1n) is 5.46. The van der Waals surface area contributed by atoms with Crippen LogP contribution in [0.25, 0.3) is 0 Å². The van der Waals surface area contributed by atoms with Crippen molar-refractivity contribution in [3.8, 4) is 0 Å². The van der Waals surface area contributed by atoms with Gasteiger partial charge in [0.2, 0.25) is 11.8 Å². The number of ether oxygens (including phenoxy) is 1. The summed E-state index contributed by atoms with van der Waals surface area (Å²) < 4.78 is 4.49. The van der Waals surface area contributed by atoms with Crippen molar-refractivity contribution in [2.75, 3.05) is 13.1 Å². The molecule has 2 saturated heterocycles. The largest absolute Gasteiger partial charge is 0.425 e. The van der Waals surface area contributed by atoms with E-state index in [4.69, 9.17) is 0 Å². The second-order valence-corrected chi connectivity index (χ2v) is 3.93. The lowest BCUT2D eigenvalue weighted by molar-refractivity contribution is -0.126. The van der Waals surface area contributed by atoms with Gasteiger partial charge in [-0.05, 0) is 12.8 Å². The van der Waals surface area contributed by atoms with Crippen LogP contribution >= 0.6 is 0 Å². The Morgan fingerprint density at radius 2 is 1.29 bits per heavy atom. The van der Waals surface area contributed by atoms with E-state index in [1.54, 1.807) is 0 Å². The average Bonchev–Trinajstić information content (AvgIpc) is 2.86. The molecular weight excluding hydrogens is 228 g/mol. The zero-order chi connectivity index (χ0) is 12.4. The lowest BCUT2D eigenvalue weighted by Crippen LogP contribution is -2.39. The highest BCUT2D eigenvalue weighted by atomic mass is 16.6. The Kier molecular flexibility index (Phi) is 3.08. The van der Waals surface area contributed by atoms with Crippen molar-refractivity contribution in [1.29, 1.82) is 0 Å². The van der Waals surface area contributed by atoms with Crippen LogP contribution in [-0.2, 0) is 14.3 Å². The van der Waals surface area contributed by atoms with Crippen molar-refractivity contribution in [2.45, 2.75) is 25.7 Å². The fourth-order valence-corrected chi connectivity index (χ4v) is 1.87. The predicted octanol–water partition coefficient (Wildman–Crippen LogP) is 0.488. The fraction of sp³-hybridized carbons (Fsp3) is 0.600. The minimum atomic E-state index is -0.989. The van der Waals surface area contributed by atoms with Gasteiger partial charge >= 0.3 is 12.2 Å². The van der Waals surface area contributed by atoms with Gasteiger partial charge in [-0.2, -0.15) is 0 Å². The lowest BCUT2D eigenvalue weighted by atomic mass is 10.4. The van der Waals surface area contributed by atoms with Gasteiger partial charge in [-0.3, -0.25) is 9.59 Å². The van der Waals surface area contributed by atoms with Gasteiger partial charge in [0.25, 0.3) is 0 Å². The first kappa shape index (κ1) is 11.6. The van der Waals surface area contributed by atoms with E-state index in [1.165, 1.54) is 0 Å². The van der Waals surface area contributed by atoms with Gasteiger partial charge in [0.15, 0.2) is 0 Å². The van der Waals surface area contributed by atoms with Crippen molar-refractivity contribution >= 4 is 24.0 Å². The molecule has 0 aromatic carbocycles. The summed E-state index contributed by atoms with van der Waals surface area (Å²) in [5, 5.41) is 0. The summed E-state index contributed by atoms with van der Waals surface area (Å²) in [6.07, 6.45) is -0.262. The summed E-state index contributed by atoms with van der Waals surface area (Å²) in [5.74, 6) is -0.703. The van der Waals surface area contributed by atoms with E-state index in [-0.39, 0.29) is 37.7 Å². The van der Waals surface area contributed by atoms with E-state index < -0.39 is 12.2 Å². The van der Waals surface area contributed by atoms with Gasteiger partial charge in [0, 0.05) is 25.9 Å². The van der Waals surface area contributed by atoms with Crippen LogP contribution in [0.15, 0.2) is 0 Å². The topological polar surface area (TPSA) is 84.0 Å². The zero-order valence-corrected chi connectivity index (χ0v) is 9.18. The van der Waals surface area contributed by atoms with Crippen molar-refractivity contribution in [3.05, 3.63) is 0 Å². The monoisotopic (exact) mass is 240 g/mol. The maximum atomic E-state index is 11.5. The molecule has 0 saturated carbocycles. The molecule has 0 bridgehead atoms. The first-order valence-corrected chi connectivity index (χ1v) is 5.46. The Balaban J connectivity index is 1.92. The Labute approximate surface area is 97.3 Å². The summed E-state index contributed by atoms with van der Waals surface area (Å²) in [5.41, 5.74) is 0. The van der Waals surface area contributed by atoms with E-state index in [0.29, 0.717) is 12.8 Å². The molecule has 0 aromatic heterocycles. The van der Waals surface area contributed by atoms with Gasteiger partial charge < -0.3 is 4.74 Å². The van der Waals surface area contributed by atoms with Gasteiger partial charge in [0.1, 0.15) is 0 Å². The van der Waals surface area contributed by atoms with E-state index in [1.807, 2.05) is 0 Å². The third-order valence-electron chi connectivity index (χ3n) is 2.76. The SMILES string of the molecule is O=C1CCCN1C(=O)OC(=O)N1CCCC1=O. The quantitative estimate of drug-likeness (QED) is 0.575. The van der Waals surface area contributed by atoms with Crippen LogP contribution in [0.1, 0.15) is 25.7 Å². The smallest absolute Gasteiger partial charge is 0.358 e. The number of nitrogens with zero attached hydrogens (tertiary/aromatic N) is 2. The number of rotatable bonds is 0. The average molecular weight is 240 g/mol. The molecular formula is C10H12N2O5. The molecule has 2 aliphatic rings. The molecule has 2 rings (SSSR count). The molecule has 0 atom stereocenters. The van der Waals surface area contributed by atoms with Gasteiger partial charge in [-0.15, -0.1) is 0 Å². The lowest BCUT2D eigenvalue weighted by Gasteiger charge is -2.16. The molecule has 2 heterocycles. The third kappa shape index (κ3) is 2.27. The Morgan fingerprint density at radius 1 is 0.882 bits per heavy atom. The molecule has 2 fully saturated rings. The summed E-state index contributed by atoms with van der Waals surface area (Å²) >= 11 is 0. The van der Waals surface area contributed by atoms with Crippen LogP contribution in [0, 0.1) is 0 Å². The molecule has 92 valence electrons. The molecule has 0 radical (unpaired) electrons. The van der Waals surface area contributed by atoms with Crippen LogP contribution in [-0.4, -0.2) is 46.9 Å². The normalized spacial score (nSPS) is 20.0. The van der Waals surface area contributed by atoms with Crippen LogP contribution in [0.2, 0.25) is 0 Å². The number of hydrogen-bond acceptors (Lipinski definition) is 5. The van der Waals surface area contributed by atoms with E-state index in [2.05, 4.69) is 4.74 Å². The molecule has 7 heteroatoms. The van der Waals surface area contributed by atoms with E-state index in [0.717, 1.165) is 9.80 Å². The third-order valence-corrected chi connectivity index (χ3v) is 2.76. The molecule has 0 aliphatic carbocycles. The maximum Gasteiger partial charge on any atom is 0.425 e. The number of carbonyl (C=O) groups excluding carboxylic acids is 4. The van der Waals surface area contributed by atoms with E-state index in [9.17, 15) is 19.2 Å². The Morgan fingerprint density at radius 3 is 1.59 bits per heavy atom. The molecule has 0 aromatic rings. The second kappa shape index (κ2) is 4.52. The molecule has 0 N–H and O–H groups in total. The van der Waals surface area contributed by atoms with Crippen LogP contribution in [0.5, 0.6) is 0 Å². The predicted molar refractivity (Wildman–Crippen MR) is 53.8 cm³/mol. The zero-order valence-electron chi connectivity index (χ0n) is 9.18. The van der Waals surface area contributed by atoms with Crippen LogP contribution in [0.3, 0.4) is 0 Å². The van der Waals surface area contributed by atoms with Crippen molar-refractivity contribution in [3.63, 3.8) is 0 Å². The van der Waals surface area contributed by atoms with Gasteiger partial charge in [0.05, 0.1) is 0 Å². The molecule has 4 amide bonds. The number of carbonyl (C=O) groups is 4. The standard InChI is InChI=1S/C10H12N2O5/c13-7-3-1-5-11(7)9(15)17-10(16)12-6-2-4-8(12)14/h1-6H2. The molecule has 0 unspecified atom stereocenters. The molecule has 0 spiro atoms. The highest BCUT2D eigenvalue weighted by Gasteiger charge is 2.33. The minimum Gasteiger partial charge on any atom is -0.358 e. The van der Waals surface area contributed by atoms with Crippen molar-refractivity contribution in [2.24, 2.45) is 0 Å². The summed E-state index contributed by atoms with van der Waals surface area (Å²) in [7, 11) is 0. The number of hydrogen-bond donors (Lipinski definition) is 0. The number of likely N-dealkylation sites (tertiary alicyclic amines) is 2. The number of imide groups is 2. The van der Waals surface area contributed by atoms with Gasteiger partial charge in [-0.25, -0.2) is 19.4 Å². The Bertz CT molecular complexity index is 356. The number of amides is 4. The molecule has 2 aliphatic heterocycles. The van der Waals surface area contributed by atoms with Crippen LogP contribution in [0.4, 0.5) is 9.59 Å². The summed E-state index contributed by atoms with van der Waals surface area (Å²) in [6, 6.07) is 0. The van der Waals surface area contributed by atoms with E-state index >= 15 is 0 Å². The molecule has 7 nitrogen and oxygen atoms in total. The fourth-order valence-electron chi connectivity index (χ4n) is 1.87. The maximum absolute atomic E-state index is 11.5. The highest BCUT2D eigenvalue weighted by molar-refractivity contribution is 6.00. The highest BCUT2D eigenvalue weighted by Crippen LogP contribution is 2.14. The second-order valence-electron chi connectivity index (χ2n) is 3.93. The van der Waals surface area contributed by atoms with Gasteiger partial charge in [-0.1, -0.05) is 0 Å². The summed E-state index contributed by atoms with van der Waals surface area (Å²) in [4.78, 5) is 47.1. The Hall–Kier alpha value is -1.92. The summed E-state index contributed by atoms with van der Waals surface area (Å²) in [6.45, 7) is 0.526. The first-order chi connectivity index (χ1) is 8.09. The minimum absolute atomic E-state index is 0.263. The van der Waals surface area contributed by atoms with Crippen molar-refractivity contribution < 1.29 is 23.9 Å². The van der Waals surface area contributed by atoms with Crippen molar-refractivity contribution in [1.82, 2.24) is 9.80 Å². The molecule has 17 heavy (non-hydrogen) atoms.